The van der Waals surface area contributed by atoms with E-state index < -0.39 is 5.69 Å². The average Bonchev–Trinajstić information content (AvgIpc) is 3.16. The Bertz CT molecular complexity index is 1010. The fraction of sp³-hybridized carbons (Fsp3) is 0.500. The normalized spacial score (nSPS) is 27.7. The van der Waals surface area contributed by atoms with E-state index in [-0.39, 0.29) is 17.9 Å². The lowest BCUT2D eigenvalue weighted by molar-refractivity contribution is 0.177. The van der Waals surface area contributed by atoms with E-state index in [0.717, 1.165) is 38.4 Å². The number of hydrogen-bond donors (Lipinski definition) is 3. The minimum absolute atomic E-state index is 0.0933. The number of carbonyl (C=O) groups excluding carboxylic acids is 1. The second-order valence-corrected chi connectivity index (χ2v) is 8.91. The van der Waals surface area contributed by atoms with E-state index in [1.807, 2.05) is 31.2 Å². The third kappa shape index (κ3) is 4.08. The molecule has 0 spiro atoms. The smallest absolute Gasteiger partial charge is 0.327 e. The molecule has 3 aliphatic rings. The maximum absolute atomic E-state index is 12.6. The van der Waals surface area contributed by atoms with E-state index in [4.69, 9.17) is 5.73 Å². The first kappa shape index (κ1) is 20.2. The highest BCUT2D eigenvalue weighted by atomic mass is 16.2. The van der Waals surface area contributed by atoms with Crippen LogP contribution < -0.4 is 22.1 Å². The van der Waals surface area contributed by atoms with E-state index in [0.29, 0.717) is 24.4 Å². The summed E-state index contributed by atoms with van der Waals surface area (Å²) in [6.07, 6.45) is 1.65. The van der Waals surface area contributed by atoms with Gasteiger partial charge in [-0.25, -0.2) is 9.59 Å². The van der Waals surface area contributed by atoms with Crippen molar-refractivity contribution in [3.8, 4) is 5.69 Å². The highest BCUT2D eigenvalue weighted by Gasteiger charge is 2.53. The summed E-state index contributed by atoms with van der Waals surface area (Å²) in [6, 6.07) is 9.88. The highest BCUT2D eigenvalue weighted by molar-refractivity contribution is 5.88. The zero-order valence-corrected chi connectivity index (χ0v) is 17.7. The molecule has 1 saturated carbocycles. The van der Waals surface area contributed by atoms with Crippen molar-refractivity contribution >= 4 is 11.8 Å². The van der Waals surface area contributed by atoms with Gasteiger partial charge in [0.05, 0.1) is 5.69 Å². The Morgan fingerprint density at radius 1 is 1.23 bits per heavy atom. The van der Waals surface area contributed by atoms with Crippen LogP contribution in [0.15, 0.2) is 41.3 Å². The number of rotatable bonds is 4. The van der Waals surface area contributed by atoms with Gasteiger partial charge in [-0.05, 0) is 42.5 Å². The van der Waals surface area contributed by atoms with Crippen LogP contribution in [0, 0.1) is 11.8 Å². The molecule has 31 heavy (non-hydrogen) atoms. The largest absolute Gasteiger partial charge is 0.354 e. The monoisotopic (exact) mass is 423 g/mol. The van der Waals surface area contributed by atoms with E-state index in [9.17, 15) is 9.59 Å². The Kier molecular flexibility index (Phi) is 5.25. The van der Waals surface area contributed by atoms with Gasteiger partial charge in [0.2, 0.25) is 0 Å². The standard InChI is InChI=1S/C22H29N7O2/c1-14-10-24-7-9-28(14)21(30)25-19-6-8-29(22(31)26-19)16-4-2-15(3-5-16)11-27-12-17-18(13-27)20(17)23/h2-6,8,14,17-18,20,24H,7,9-13,23H2,1H3,(H,25,26,30,31)/t14?,17-,18?,20?/m1/s1. The average molecular weight is 424 g/mol. The first-order valence-electron chi connectivity index (χ1n) is 10.9. The van der Waals surface area contributed by atoms with Gasteiger partial charge in [0, 0.05) is 57.5 Å². The number of fused-ring (bicyclic) bond motifs is 1. The van der Waals surface area contributed by atoms with Crippen molar-refractivity contribution < 1.29 is 4.79 Å². The molecular weight excluding hydrogens is 394 g/mol. The molecule has 0 radical (unpaired) electrons. The van der Waals surface area contributed by atoms with Gasteiger partial charge in [-0.2, -0.15) is 4.98 Å². The molecule has 9 heteroatoms. The molecule has 2 aliphatic heterocycles. The minimum atomic E-state index is -0.424. The summed E-state index contributed by atoms with van der Waals surface area (Å²) in [5.41, 5.74) is 7.56. The summed E-state index contributed by atoms with van der Waals surface area (Å²) in [7, 11) is 0. The Hall–Kier alpha value is -2.75. The number of carbonyl (C=O) groups is 1. The summed E-state index contributed by atoms with van der Waals surface area (Å²) in [6.45, 7) is 7.20. The minimum Gasteiger partial charge on any atom is -0.327 e. The molecule has 2 aromatic rings. The van der Waals surface area contributed by atoms with Crippen LogP contribution in [0.1, 0.15) is 12.5 Å². The molecule has 9 nitrogen and oxygen atoms in total. The zero-order chi connectivity index (χ0) is 21.5. The predicted octanol–water partition coefficient (Wildman–Crippen LogP) is 0.447. The van der Waals surface area contributed by atoms with Crippen molar-refractivity contribution in [1.82, 2.24) is 24.7 Å². The van der Waals surface area contributed by atoms with Crippen LogP contribution in [0.3, 0.4) is 0 Å². The number of urea groups is 1. The summed E-state index contributed by atoms with van der Waals surface area (Å²) in [5.74, 6) is 1.62. The number of anilines is 1. The first-order chi connectivity index (χ1) is 15.0. The molecule has 4 atom stereocenters. The van der Waals surface area contributed by atoms with Crippen molar-refractivity contribution in [2.24, 2.45) is 17.6 Å². The summed E-state index contributed by atoms with van der Waals surface area (Å²) < 4.78 is 1.48. The Labute approximate surface area is 181 Å². The fourth-order valence-electron chi connectivity index (χ4n) is 4.80. The van der Waals surface area contributed by atoms with Gasteiger partial charge >= 0.3 is 11.7 Å². The molecular formula is C22H29N7O2. The second-order valence-electron chi connectivity index (χ2n) is 8.91. The number of benzene rings is 1. The lowest BCUT2D eigenvalue weighted by Crippen LogP contribution is -2.53. The molecule has 0 bridgehead atoms. The first-order valence-corrected chi connectivity index (χ1v) is 10.9. The molecule has 164 valence electrons. The number of amides is 2. The van der Waals surface area contributed by atoms with Crippen molar-refractivity contribution in [2.75, 3.05) is 38.0 Å². The van der Waals surface area contributed by atoms with Crippen molar-refractivity contribution in [1.29, 1.82) is 0 Å². The van der Waals surface area contributed by atoms with Crippen LogP contribution in [0.4, 0.5) is 10.6 Å². The fourth-order valence-corrected chi connectivity index (χ4v) is 4.80. The summed E-state index contributed by atoms with van der Waals surface area (Å²) in [4.78, 5) is 33.3. The van der Waals surface area contributed by atoms with E-state index in [2.05, 4.69) is 20.5 Å². The Morgan fingerprint density at radius 3 is 2.65 bits per heavy atom. The number of nitrogens with one attached hydrogen (secondary N) is 2. The van der Waals surface area contributed by atoms with Gasteiger partial charge in [-0.3, -0.25) is 14.8 Å². The van der Waals surface area contributed by atoms with Crippen LogP contribution in [-0.4, -0.2) is 70.2 Å². The number of nitrogens with two attached hydrogens (primary N) is 1. The van der Waals surface area contributed by atoms with Gasteiger partial charge < -0.3 is 16.0 Å². The van der Waals surface area contributed by atoms with E-state index in [1.165, 1.54) is 10.1 Å². The highest BCUT2D eigenvalue weighted by Crippen LogP contribution is 2.44. The molecule has 3 fully saturated rings. The second kappa shape index (κ2) is 8.07. The van der Waals surface area contributed by atoms with Crippen LogP contribution in [0.2, 0.25) is 0 Å². The SMILES string of the molecule is CC1CNCCN1C(=O)Nc1ccn(-c2ccc(CN3CC4C(N)[C@@H]4C3)cc2)c(=O)n1. The van der Waals surface area contributed by atoms with Gasteiger partial charge in [-0.1, -0.05) is 12.1 Å². The molecule has 2 saturated heterocycles. The van der Waals surface area contributed by atoms with E-state index >= 15 is 0 Å². The number of hydrogen-bond acceptors (Lipinski definition) is 6. The van der Waals surface area contributed by atoms with Gasteiger partial charge in [0.15, 0.2) is 0 Å². The van der Waals surface area contributed by atoms with Crippen molar-refractivity contribution in [2.45, 2.75) is 25.6 Å². The van der Waals surface area contributed by atoms with Gasteiger partial charge in [-0.15, -0.1) is 0 Å². The Morgan fingerprint density at radius 2 is 1.97 bits per heavy atom. The molecule has 1 aliphatic carbocycles. The summed E-state index contributed by atoms with van der Waals surface area (Å²) >= 11 is 0. The van der Waals surface area contributed by atoms with Crippen LogP contribution in [0.25, 0.3) is 5.69 Å². The number of aromatic nitrogens is 2. The number of piperazine rings is 1. The van der Waals surface area contributed by atoms with Gasteiger partial charge in [0.25, 0.3) is 0 Å². The molecule has 1 aromatic carbocycles. The molecule has 5 rings (SSSR count). The number of piperidine rings is 1. The maximum atomic E-state index is 12.6. The molecule has 4 N–H and O–H groups in total. The molecule has 1 aromatic heterocycles. The topological polar surface area (TPSA) is 109 Å². The van der Waals surface area contributed by atoms with Crippen molar-refractivity contribution in [3.05, 3.63) is 52.6 Å². The maximum Gasteiger partial charge on any atom is 0.354 e. The van der Waals surface area contributed by atoms with Gasteiger partial charge in [0.1, 0.15) is 5.82 Å². The number of likely N-dealkylation sites (tertiary alicyclic amines) is 1. The molecule has 2 amide bonds. The van der Waals surface area contributed by atoms with Crippen molar-refractivity contribution in [3.63, 3.8) is 0 Å². The third-order valence-corrected chi connectivity index (χ3v) is 6.76. The third-order valence-electron chi connectivity index (χ3n) is 6.76. The van der Waals surface area contributed by atoms with Crippen LogP contribution >= 0.6 is 0 Å². The van der Waals surface area contributed by atoms with E-state index in [1.54, 1.807) is 17.2 Å². The summed E-state index contributed by atoms with van der Waals surface area (Å²) in [5, 5.41) is 5.99. The lowest BCUT2D eigenvalue weighted by atomic mass is 10.2. The number of nitrogens with zero attached hydrogens (tertiary/aromatic N) is 4. The van der Waals surface area contributed by atoms with Crippen LogP contribution in [0.5, 0.6) is 0 Å². The molecule has 3 unspecified atom stereocenters. The van der Waals surface area contributed by atoms with Crippen LogP contribution in [-0.2, 0) is 6.54 Å². The quantitative estimate of drug-likeness (QED) is 0.659. The molecule has 3 heterocycles. The Balaban J connectivity index is 1.22. The lowest BCUT2D eigenvalue weighted by Gasteiger charge is -2.33. The predicted molar refractivity (Wildman–Crippen MR) is 118 cm³/mol. The zero-order valence-electron chi connectivity index (χ0n) is 17.7.